The highest BCUT2D eigenvalue weighted by atomic mass is 16.5. The Kier molecular flexibility index (Phi) is 7.41. The second-order valence-electron chi connectivity index (χ2n) is 6.74. The van der Waals surface area contributed by atoms with Gasteiger partial charge in [-0.25, -0.2) is 9.59 Å². The van der Waals surface area contributed by atoms with Crippen molar-refractivity contribution >= 4 is 23.8 Å². The number of carbonyl (C=O) groups is 4. The zero-order valence-corrected chi connectivity index (χ0v) is 15.6. The summed E-state index contributed by atoms with van der Waals surface area (Å²) in [6.45, 7) is 1.15. The van der Waals surface area contributed by atoms with Crippen molar-refractivity contribution in [2.24, 2.45) is 0 Å². The summed E-state index contributed by atoms with van der Waals surface area (Å²) < 4.78 is 9.49. The van der Waals surface area contributed by atoms with E-state index in [1.807, 2.05) is 0 Å². The van der Waals surface area contributed by atoms with E-state index in [2.05, 4.69) is 0 Å². The quantitative estimate of drug-likeness (QED) is 0.489. The van der Waals surface area contributed by atoms with E-state index in [0.29, 0.717) is 51.6 Å². The maximum atomic E-state index is 12.3. The van der Waals surface area contributed by atoms with E-state index >= 15 is 0 Å². The zero-order chi connectivity index (χ0) is 19.1. The second kappa shape index (κ2) is 9.54. The highest BCUT2D eigenvalue weighted by Crippen LogP contribution is 2.22. The molecule has 8 nitrogen and oxygen atoms in total. The molecule has 0 aromatic rings. The Morgan fingerprint density at radius 1 is 0.769 bits per heavy atom. The number of unbranched alkanes of at least 4 members (excludes halogenated alkanes) is 1. The average Bonchev–Trinajstić information content (AvgIpc) is 3.32. The Bertz CT molecular complexity index is 502. The number of likely N-dealkylation sites (tertiary alicyclic amines) is 2. The molecule has 0 radical (unpaired) electrons. The first-order chi connectivity index (χ1) is 12.5. The number of esters is 2. The van der Waals surface area contributed by atoms with Crippen LogP contribution in [0, 0.1) is 0 Å². The summed E-state index contributed by atoms with van der Waals surface area (Å²) in [6.07, 6.45) is 4.64. The molecule has 2 unspecified atom stereocenters. The fourth-order valence-electron chi connectivity index (χ4n) is 3.73. The van der Waals surface area contributed by atoms with Gasteiger partial charge in [0, 0.05) is 25.9 Å². The third kappa shape index (κ3) is 4.74. The van der Waals surface area contributed by atoms with Crippen LogP contribution >= 0.6 is 0 Å². The van der Waals surface area contributed by atoms with Crippen LogP contribution in [0.4, 0.5) is 0 Å². The van der Waals surface area contributed by atoms with Gasteiger partial charge in [-0.2, -0.15) is 0 Å². The van der Waals surface area contributed by atoms with Gasteiger partial charge in [0.25, 0.3) is 0 Å². The number of amides is 2. The van der Waals surface area contributed by atoms with Crippen LogP contribution in [-0.4, -0.2) is 72.9 Å². The van der Waals surface area contributed by atoms with Crippen molar-refractivity contribution in [3.8, 4) is 0 Å². The SMILES string of the molecule is COC(=O)C1CCCN1C(=O)CCCCC(=O)N1CCCC1C(=O)OC. The van der Waals surface area contributed by atoms with E-state index in [0.717, 1.165) is 12.8 Å². The lowest BCUT2D eigenvalue weighted by Gasteiger charge is -2.23. The van der Waals surface area contributed by atoms with Gasteiger partial charge in [-0.15, -0.1) is 0 Å². The van der Waals surface area contributed by atoms with Crippen LogP contribution in [0.5, 0.6) is 0 Å². The van der Waals surface area contributed by atoms with Crippen LogP contribution < -0.4 is 0 Å². The maximum Gasteiger partial charge on any atom is 0.328 e. The number of nitrogens with zero attached hydrogens (tertiary/aromatic N) is 2. The normalized spacial score (nSPS) is 22.4. The first-order valence-corrected chi connectivity index (χ1v) is 9.24. The topological polar surface area (TPSA) is 93.2 Å². The first-order valence-electron chi connectivity index (χ1n) is 9.24. The maximum absolute atomic E-state index is 12.3. The Morgan fingerprint density at radius 3 is 1.50 bits per heavy atom. The van der Waals surface area contributed by atoms with Gasteiger partial charge >= 0.3 is 11.9 Å². The third-order valence-electron chi connectivity index (χ3n) is 5.12. The Labute approximate surface area is 153 Å². The van der Waals surface area contributed by atoms with Gasteiger partial charge < -0.3 is 19.3 Å². The van der Waals surface area contributed by atoms with Crippen molar-refractivity contribution in [2.75, 3.05) is 27.3 Å². The molecule has 0 aromatic carbocycles. The monoisotopic (exact) mass is 368 g/mol. The number of rotatable bonds is 7. The van der Waals surface area contributed by atoms with Gasteiger partial charge in [0.1, 0.15) is 12.1 Å². The molecule has 0 aliphatic carbocycles. The molecule has 8 heteroatoms. The predicted molar refractivity (Wildman–Crippen MR) is 92.0 cm³/mol. The van der Waals surface area contributed by atoms with Gasteiger partial charge in [-0.3, -0.25) is 9.59 Å². The minimum atomic E-state index is -0.473. The highest BCUT2D eigenvalue weighted by molar-refractivity contribution is 5.86. The summed E-state index contributed by atoms with van der Waals surface area (Å²) >= 11 is 0. The van der Waals surface area contributed by atoms with E-state index in [-0.39, 0.29) is 23.8 Å². The molecule has 2 aliphatic heterocycles. The average molecular weight is 368 g/mol. The van der Waals surface area contributed by atoms with Crippen LogP contribution in [0.1, 0.15) is 51.4 Å². The number of methoxy groups -OCH3 is 2. The third-order valence-corrected chi connectivity index (χ3v) is 5.12. The predicted octanol–water partition coefficient (Wildman–Crippen LogP) is 0.875. The summed E-state index contributed by atoms with van der Waals surface area (Å²) in [6, 6.07) is -0.945. The summed E-state index contributed by atoms with van der Waals surface area (Å²) in [5.41, 5.74) is 0. The highest BCUT2D eigenvalue weighted by Gasteiger charge is 2.35. The van der Waals surface area contributed by atoms with Crippen molar-refractivity contribution < 1.29 is 28.7 Å². The molecule has 0 spiro atoms. The Hall–Kier alpha value is -2.12. The molecule has 2 atom stereocenters. The molecule has 0 N–H and O–H groups in total. The molecule has 2 rings (SSSR count). The van der Waals surface area contributed by atoms with Crippen LogP contribution in [0.3, 0.4) is 0 Å². The van der Waals surface area contributed by atoms with Gasteiger partial charge in [-0.05, 0) is 38.5 Å². The van der Waals surface area contributed by atoms with Crippen molar-refractivity contribution in [3.05, 3.63) is 0 Å². The molecule has 2 fully saturated rings. The molecule has 0 bridgehead atoms. The van der Waals surface area contributed by atoms with Crippen molar-refractivity contribution in [1.29, 1.82) is 0 Å². The van der Waals surface area contributed by atoms with Gasteiger partial charge in [-0.1, -0.05) is 0 Å². The zero-order valence-electron chi connectivity index (χ0n) is 15.6. The van der Waals surface area contributed by atoms with Gasteiger partial charge in [0.2, 0.25) is 11.8 Å². The van der Waals surface area contributed by atoms with E-state index in [1.54, 1.807) is 9.80 Å². The number of ether oxygens (including phenoxy) is 2. The Morgan fingerprint density at radius 2 is 1.15 bits per heavy atom. The Balaban J connectivity index is 1.73. The number of hydrogen-bond donors (Lipinski definition) is 0. The summed E-state index contributed by atoms with van der Waals surface area (Å²) in [7, 11) is 2.66. The largest absolute Gasteiger partial charge is 0.467 e. The van der Waals surface area contributed by atoms with Gasteiger partial charge in [0.05, 0.1) is 14.2 Å². The van der Waals surface area contributed by atoms with Crippen LogP contribution in [0.2, 0.25) is 0 Å². The van der Waals surface area contributed by atoms with Crippen molar-refractivity contribution in [3.63, 3.8) is 0 Å². The van der Waals surface area contributed by atoms with Crippen molar-refractivity contribution in [1.82, 2.24) is 9.80 Å². The smallest absolute Gasteiger partial charge is 0.328 e. The number of carbonyl (C=O) groups excluding carboxylic acids is 4. The minimum absolute atomic E-state index is 0.0704. The molecule has 2 amide bonds. The van der Waals surface area contributed by atoms with E-state index in [9.17, 15) is 19.2 Å². The van der Waals surface area contributed by atoms with Crippen LogP contribution in [0.15, 0.2) is 0 Å². The molecule has 26 heavy (non-hydrogen) atoms. The molecule has 0 aromatic heterocycles. The summed E-state index contributed by atoms with van der Waals surface area (Å²) in [5.74, 6) is -0.874. The fraction of sp³-hybridized carbons (Fsp3) is 0.778. The summed E-state index contributed by atoms with van der Waals surface area (Å²) in [4.78, 5) is 51.2. The van der Waals surface area contributed by atoms with E-state index in [4.69, 9.17) is 9.47 Å². The lowest BCUT2D eigenvalue weighted by atomic mass is 10.1. The fourth-order valence-corrected chi connectivity index (χ4v) is 3.73. The van der Waals surface area contributed by atoms with E-state index in [1.165, 1.54) is 14.2 Å². The molecule has 146 valence electrons. The van der Waals surface area contributed by atoms with Gasteiger partial charge in [0.15, 0.2) is 0 Å². The molecule has 2 aliphatic rings. The minimum Gasteiger partial charge on any atom is -0.467 e. The molecule has 0 saturated carbocycles. The second-order valence-corrected chi connectivity index (χ2v) is 6.74. The molecular formula is C18H28N2O6. The molecule has 2 saturated heterocycles. The first kappa shape index (κ1) is 20.2. The standard InChI is InChI=1S/C18H28N2O6/c1-25-17(23)13-7-5-11-19(13)15(21)9-3-4-10-16(22)20-12-6-8-14(20)18(24)26-2/h13-14H,3-12H2,1-2H3. The summed E-state index contributed by atoms with van der Waals surface area (Å²) in [5, 5.41) is 0. The lowest BCUT2D eigenvalue weighted by Crippen LogP contribution is -2.41. The van der Waals surface area contributed by atoms with Crippen LogP contribution in [0.25, 0.3) is 0 Å². The molecule has 2 heterocycles. The van der Waals surface area contributed by atoms with Crippen molar-refractivity contribution in [2.45, 2.75) is 63.5 Å². The van der Waals surface area contributed by atoms with E-state index < -0.39 is 12.1 Å². The molecular weight excluding hydrogens is 340 g/mol. The lowest BCUT2D eigenvalue weighted by molar-refractivity contribution is -0.151. The van der Waals surface area contributed by atoms with Crippen LogP contribution in [-0.2, 0) is 28.7 Å². The number of hydrogen-bond acceptors (Lipinski definition) is 6.